The van der Waals surface area contributed by atoms with Crippen molar-refractivity contribution in [2.75, 3.05) is 38.1 Å². The van der Waals surface area contributed by atoms with Crippen LogP contribution in [0.4, 0.5) is 5.69 Å². The average Bonchev–Trinajstić information content (AvgIpc) is 3.43. The van der Waals surface area contributed by atoms with Gasteiger partial charge in [0.1, 0.15) is 5.82 Å². The summed E-state index contributed by atoms with van der Waals surface area (Å²) in [5.41, 5.74) is 5.19. The zero-order valence-electron chi connectivity index (χ0n) is 20.2. The minimum absolute atomic E-state index is 0.0787. The molecule has 1 amide bonds. The van der Waals surface area contributed by atoms with Gasteiger partial charge in [0.2, 0.25) is 0 Å². The van der Waals surface area contributed by atoms with E-state index in [1.165, 1.54) is 24.8 Å². The Morgan fingerprint density at radius 3 is 2.69 bits per heavy atom. The van der Waals surface area contributed by atoms with Gasteiger partial charge in [-0.2, -0.15) is 0 Å². The van der Waals surface area contributed by atoms with Gasteiger partial charge in [0.25, 0.3) is 11.5 Å². The number of amides is 1. The summed E-state index contributed by atoms with van der Waals surface area (Å²) in [6.45, 7) is 3.73. The summed E-state index contributed by atoms with van der Waals surface area (Å²) in [5.74, 6) is 0.615. The van der Waals surface area contributed by atoms with Crippen molar-refractivity contribution < 1.29 is 4.79 Å². The average molecular weight is 494 g/mol. The van der Waals surface area contributed by atoms with Crippen molar-refractivity contribution in [3.8, 4) is 0 Å². The molecule has 1 saturated carbocycles. The van der Waals surface area contributed by atoms with Crippen LogP contribution in [-0.4, -0.2) is 60.0 Å². The number of rotatable bonds is 4. The van der Waals surface area contributed by atoms with Crippen LogP contribution in [0.2, 0.25) is 5.02 Å². The lowest BCUT2D eigenvalue weighted by Gasteiger charge is -2.38. The van der Waals surface area contributed by atoms with E-state index >= 15 is 0 Å². The summed E-state index contributed by atoms with van der Waals surface area (Å²) in [7, 11) is 1.61. The monoisotopic (exact) mass is 493 g/mol. The first-order chi connectivity index (χ1) is 16.9. The van der Waals surface area contributed by atoms with Gasteiger partial charge in [0.15, 0.2) is 0 Å². The Bertz CT molecular complexity index is 1260. The molecule has 3 aliphatic carbocycles. The number of aromatic nitrogens is 2. The number of aryl methyl sites for hydroxylation is 1. The molecular formula is C27H32ClN5O2. The molecule has 7 nitrogen and oxygen atoms in total. The molecule has 35 heavy (non-hydrogen) atoms. The van der Waals surface area contributed by atoms with Gasteiger partial charge in [-0.15, -0.1) is 0 Å². The van der Waals surface area contributed by atoms with E-state index in [0.717, 1.165) is 74.6 Å². The van der Waals surface area contributed by atoms with E-state index in [1.807, 2.05) is 12.1 Å². The maximum Gasteiger partial charge on any atom is 0.254 e. The third-order valence-electron chi connectivity index (χ3n) is 8.48. The van der Waals surface area contributed by atoms with E-state index in [9.17, 15) is 9.59 Å². The number of nitrogens with zero attached hydrogens (tertiary/aromatic N) is 3. The molecular weight excluding hydrogens is 462 g/mol. The number of aromatic amines is 1. The van der Waals surface area contributed by atoms with E-state index in [4.69, 9.17) is 16.6 Å². The topological polar surface area (TPSA) is 81.3 Å². The number of hydrogen-bond acceptors (Lipinski definition) is 5. The van der Waals surface area contributed by atoms with Crippen LogP contribution < -0.4 is 15.8 Å². The molecule has 1 aliphatic heterocycles. The number of fused-ring (bicyclic) bond motifs is 1. The molecule has 2 aromatic rings. The fourth-order valence-electron chi connectivity index (χ4n) is 6.06. The summed E-state index contributed by atoms with van der Waals surface area (Å²) in [4.78, 5) is 37.6. The van der Waals surface area contributed by atoms with Gasteiger partial charge in [-0.1, -0.05) is 17.7 Å². The fourth-order valence-corrected chi connectivity index (χ4v) is 6.32. The maximum atomic E-state index is 12.8. The molecule has 1 spiro atoms. The summed E-state index contributed by atoms with van der Waals surface area (Å²) in [6, 6.07) is 6.04. The standard InChI is InChI=1S/C27H32ClN5O2/c1-29-25(34)20-5-4-19(15-22(20)28)33-12-10-32(11-13-33)18-3-2-17(14-18)24-30-23-6-7-27(8-9-27)16-21(23)26(35)31-24/h4-5,14-15,18H,2-3,6-13,16H2,1H3,(H,29,34)(H,30,31,35)/t18-/m1/s1. The maximum absolute atomic E-state index is 12.8. The van der Waals surface area contributed by atoms with Crippen molar-refractivity contribution in [2.45, 2.75) is 51.0 Å². The van der Waals surface area contributed by atoms with E-state index < -0.39 is 0 Å². The van der Waals surface area contributed by atoms with Crippen molar-refractivity contribution in [3.63, 3.8) is 0 Å². The van der Waals surface area contributed by atoms with Crippen molar-refractivity contribution in [2.24, 2.45) is 5.41 Å². The highest BCUT2D eigenvalue weighted by Crippen LogP contribution is 2.53. The Morgan fingerprint density at radius 1 is 1.17 bits per heavy atom. The van der Waals surface area contributed by atoms with E-state index in [1.54, 1.807) is 13.1 Å². The highest BCUT2D eigenvalue weighted by Gasteiger charge is 2.45. The van der Waals surface area contributed by atoms with Crippen molar-refractivity contribution >= 4 is 28.8 Å². The molecule has 0 bridgehead atoms. The third kappa shape index (κ3) is 4.29. The number of carbonyl (C=O) groups is 1. The molecule has 2 N–H and O–H groups in total. The number of hydrogen-bond donors (Lipinski definition) is 2. The van der Waals surface area contributed by atoms with Crippen LogP contribution in [0, 0.1) is 5.41 Å². The van der Waals surface area contributed by atoms with Crippen LogP contribution in [0.15, 0.2) is 29.1 Å². The highest BCUT2D eigenvalue weighted by atomic mass is 35.5. The van der Waals surface area contributed by atoms with Crippen LogP contribution in [0.1, 0.15) is 59.5 Å². The smallest absolute Gasteiger partial charge is 0.254 e. The second kappa shape index (κ2) is 8.79. The van der Waals surface area contributed by atoms with Gasteiger partial charge < -0.3 is 15.2 Å². The second-order valence-electron chi connectivity index (χ2n) is 10.6. The van der Waals surface area contributed by atoms with Crippen LogP contribution in [-0.2, 0) is 12.8 Å². The molecule has 0 unspecified atom stereocenters. The van der Waals surface area contributed by atoms with Gasteiger partial charge in [0, 0.05) is 50.5 Å². The molecule has 1 saturated heterocycles. The first-order valence-corrected chi connectivity index (χ1v) is 13.2. The van der Waals surface area contributed by atoms with E-state index in [-0.39, 0.29) is 11.5 Å². The third-order valence-corrected chi connectivity index (χ3v) is 8.79. The predicted octanol–water partition coefficient (Wildman–Crippen LogP) is 3.42. The van der Waals surface area contributed by atoms with Gasteiger partial charge in [-0.25, -0.2) is 4.98 Å². The molecule has 184 valence electrons. The molecule has 1 aromatic heterocycles. The number of benzene rings is 1. The van der Waals surface area contributed by atoms with E-state index in [0.29, 0.717) is 22.0 Å². The number of allylic oxidation sites excluding steroid dienone is 1. The Balaban J connectivity index is 1.11. The Hall–Kier alpha value is -2.64. The van der Waals surface area contributed by atoms with Gasteiger partial charge in [0.05, 0.1) is 16.3 Å². The second-order valence-corrected chi connectivity index (χ2v) is 11.0. The predicted molar refractivity (Wildman–Crippen MR) is 138 cm³/mol. The van der Waals surface area contributed by atoms with E-state index in [2.05, 4.69) is 26.2 Å². The number of piperazine rings is 1. The summed E-state index contributed by atoms with van der Waals surface area (Å²) in [6.07, 6.45) is 9.90. The lowest BCUT2D eigenvalue weighted by atomic mass is 9.84. The highest BCUT2D eigenvalue weighted by molar-refractivity contribution is 6.34. The normalized spacial score (nSPS) is 23.2. The fraction of sp³-hybridized carbons (Fsp3) is 0.519. The minimum atomic E-state index is -0.170. The van der Waals surface area contributed by atoms with Crippen molar-refractivity contribution in [1.29, 1.82) is 0 Å². The quantitative estimate of drug-likeness (QED) is 0.682. The molecule has 2 heterocycles. The molecule has 1 aromatic carbocycles. The molecule has 4 aliphatic rings. The number of nitrogens with one attached hydrogen (secondary N) is 2. The molecule has 1 atom stereocenters. The van der Waals surface area contributed by atoms with Gasteiger partial charge in [-0.05, 0) is 74.1 Å². The number of carbonyl (C=O) groups excluding carboxylic acids is 1. The Labute approximate surface area is 210 Å². The zero-order valence-corrected chi connectivity index (χ0v) is 21.0. The summed E-state index contributed by atoms with van der Waals surface area (Å²) < 4.78 is 0. The first kappa shape index (κ1) is 22.8. The summed E-state index contributed by atoms with van der Waals surface area (Å²) in [5, 5.41) is 3.10. The largest absolute Gasteiger partial charge is 0.369 e. The molecule has 6 rings (SSSR count). The number of H-pyrrole nitrogens is 1. The minimum Gasteiger partial charge on any atom is -0.369 e. The first-order valence-electron chi connectivity index (χ1n) is 12.8. The van der Waals surface area contributed by atoms with Crippen LogP contribution in [0.5, 0.6) is 0 Å². The molecule has 0 radical (unpaired) electrons. The zero-order chi connectivity index (χ0) is 24.2. The number of halogens is 1. The number of anilines is 1. The van der Waals surface area contributed by atoms with Crippen LogP contribution in [0.3, 0.4) is 0 Å². The van der Waals surface area contributed by atoms with Crippen LogP contribution >= 0.6 is 11.6 Å². The molecule has 2 fully saturated rings. The Morgan fingerprint density at radius 2 is 1.97 bits per heavy atom. The van der Waals surface area contributed by atoms with Gasteiger partial charge >= 0.3 is 0 Å². The van der Waals surface area contributed by atoms with Crippen molar-refractivity contribution in [3.05, 3.63) is 62.3 Å². The van der Waals surface area contributed by atoms with Crippen molar-refractivity contribution in [1.82, 2.24) is 20.2 Å². The van der Waals surface area contributed by atoms with Gasteiger partial charge in [-0.3, -0.25) is 14.5 Å². The lowest BCUT2D eigenvalue weighted by molar-refractivity contribution is 0.0963. The van der Waals surface area contributed by atoms with Crippen LogP contribution in [0.25, 0.3) is 5.57 Å². The Kier molecular flexibility index (Phi) is 5.72. The summed E-state index contributed by atoms with van der Waals surface area (Å²) >= 11 is 6.36. The lowest BCUT2D eigenvalue weighted by Crippen LogP contribution is -2.49. The molecule has 8 heteroatoms. The SMILES string of the molecule is CNC(=O)c1ccc(N2CCN([C@H]3C=C(c4nc5c(c(=O)[nH]4)CC4(CC5)CC4)CC3)CC2)cc1Cl.